The molecule has 0 spiro atoms. The zero-order valence-electron chi connectivity index (χ0n) is 12.3. The Morgan fingerprint density at radius 1 is 1.38 bits per heavy atom. The average molecular weight is 352 g/mol. The maximum absolute atomic E-state index is 12.3. The topological polar surface area (TPSA) is 45.2 Å². The largest absolute Gasteiger partial charge is 0.339 e. The second-order valence-corrected chi connectivity index (χ2v) is 6.74. The molecule has 1 unspecified atom stereocenters. The second-order valence-electron chi connectivity index (χ2n) is 5.57. The number of nitrogens with one attached hydrogen (secondary N) is 1. The molecule has 1 fully saturated rings. The zero-order valence-corrected chi connectivity index (χ0v) is 14.7. The summed E-state index contributed by atoms with van der Waals surface area (Å²) in [6.45, 7) is 2.47. The second kappa shape index (κ2) is 8.32. The molecule has 0 saturated carbocycles. The van der Waals surface area contributed by atoms with Crippen LogP contribution in [-0.2, 0) is 24.2 Å². The van der Waals surface area contributed by atoms with Crippen LogP contribution in [0.1, 0.15) is 34.8 Å². The monoisotopic (exact) mass is 351 g/mol. The Morgan fingerprint density at radius 2 is 2.14 bits per heavy atom. The van der Waals surface area contributed by atoms with E-state index >= 15 is 0 Å². The fourth-order valence-corrected chi connectivity index (χ4v) is 4.14. The predicted octanol–water partition coefficient (Wildman–Crippen LogP) is 2.43. The van der Waals surface area contributed by atoms with E-state index in [1.807, 2.05) is 11.9 Å². The van der Waals surface area contributed by atoms with Gasteiger partial charge in [-0.25, -0.2) is 4.98 Å². The van der Waals surface area contributed by atoms with Gasteiger partial charge in [0.05, 0.1) is 18.2 Å². The lowest BCUT2D eigenvalue weighted by Crippen LogP contribution is -2.33. The van der Waals surface area contributed by atoms with E-state index in [4.69, 9.17) is 4.98 Å². The first-order valence-corrected chi connectivity index (χ1v) is 7.99. The normalized spacial score (nSPS) is 20.1. The van der Waals surface area contributed by atoms with Gasteiger partial charge in [0, 0.05) is 18.5 Å². The smallest absolute Gasteiger partial charge is 0.227 e. The molecule has 3 rings (SSSR count). The van der Waals surface area contributed by atoms with Gasteiger partial charge in [-0.05, 0) is 38.6 Å². The van der Waals surface area contributed by atoms with Gasteiger partial charge >= 0.3 is 0 Å². The number of amides is 1. The maximum Gasteiger partial charge on any atom is 0.227 e. The summed E-state index contributed by atoms with van der Waals surface area (Å²) < 4.78 is 0. The van der Waals surface area contributed by atoms with Crippen molar-refractivity contribution in [1.82, 2.24) is 15.2 Å². The molecule has 1 aliphatic heterocycles. The molecule has 2 heterocycles. The van der Waals surface area contributed by atoms with Crippen molar-refractivity contribution in [2.75, 3.05) is 20.1 Å². The molecule has 1 aromatic rings. The number of halogens is 2. The number of rotatable bonds is 3. The molecule has 1 aromatic heterocycles. The zero-order chi connectivity index (χ0) is 13.2. The van der Waals surface area contributed by atoms with Gasteiger partial charge in [-0.1, -0.05) is 0 Å². The van der Waals surface area contributed by atoms with Crippen molar-refractivity contribution in [2.45, 2.75) is 38.6 Å². The summed E-state index contributed by atoms with van der Waals surface area (Å²) >= 11 is 1.80. The Hall–Kier alpha value is -0.360. The van der Waals surface area contributed by atoms with E-state index in [1.165, 1.54) is 29.8 Å². The Morgan fingerprint density at radius 3 is 2.81 bits per heavy atom. The van der Waals surface area contributed by atoms with Gasteiger partial charge in [0.25, 0.3) is 0 Å². The van der Waals surface area contributed by atoms with E-state index in [0.29, 0.717) is 6.54 Å². The van der Waals surface area contributed by atoms with E-state index in [2.05, 4.69) is 5.32 Å². The molecule has 21 heavy (non-hydrogen) atoms. The molecule has 1 saturated heterocycles. The van der Waals surface area contributed by atoms with Crippen molar-refractivity contribution < 1.29 is 4.79 Å². The standard InChI is InChI=1S/C14H21N3OS.2ClH/c1-17(14(18)10-6-7-15-8-10)9-13-16-11-4-2-3-5-12(11)19-13;;/h10,15H,2-9H2,1H3;2*1H. The van der Waals surface area contributed by atoms with Crippen molar-refractivity contribution in [1.29, 1.82) is 0 Å². The molecule has 1 aliphatic carbocycles. The third-order valence-electron chi connectivity index (χ3n) is 4.05. The Bertz CT molecular complexity index is 451. The maximum atomic E-state index is 12.3. The van der Waals surface area contributed by atoms with Crippen LogP contribution in [0.2, 0.25) is 0 Å². The highest BCUT2D eigenvalue weighted by Gasteiger charge is 2.26. The fourth-order valence-electron chi connectivity index (χ4n) is 2.93. The number of hydrogen-bond donors (Lipinski definition) is 1. The molecular formula is C14H23Cl2N3OS. The lowest BCUT2D eigenvalue weighted by molar-refractivity contribution is -0.134. The number of thiazole rings is 1. The molecule has 0 radical (unpaired) electrons. The van der Waals surface area contributed by atoms with Crippen molar-refractivity contribution in [2.24, 2.45) is 5.92 Å². The van der Waals surface area contributed by atoms with Crippen molar-refractivity contribution >= 4 is 42.1 Å². The van der Waals surface area contributed by atoms with Crippen LogP contribution >= 0.6 is 36.2 Å². The van der Waals surface area contributed by atoms with Crippen LogP contribution in [0.3, 0.4) is 0 Å². The third-order valence-corrected chi connectivity index (χ3v) is 5.19. The van der Waals surface area contributed by atoms with Gasteiger partial charge in [-0.15, -0.1) is 36.2 Å². The van der Waals surface area contributed by atoms with Crippen molar-refractivity contribution in [3.05, 3.63) is 15.6 Å². The number of aryl methyl sites for hydroxylation is 2. The quantitative estimate of drug-likeness (QED) is 0.909. The van der Waals surface area contributed by atoms with Crippen LogP contribution in [0.15, 0.2) is 0 Å². The van der Waals surface area contributed by atoms with E-state index in [-0.39, 0.29) is 36.6 Å². The molecule has 2 aliphatic rings. The highest BCUT2D eigenvalue weighted by molar-refractivity contribution is 7.11. The summed E-state index contributed by atoms with van der Waals surface area (Å²) in [5, 5.41) is 4.36. The number of fused-ring (bicyclic) bond motifs is 1. The summed E-state index contributed by atoms with van der Waals surface area (Å²) in [6.07, 6.45) is 5.82. The molecule has 1 atom stereocenters. The van der Waals surface area contributed by atoms with Gasteiger partial charge in [-0.2, -0.15) is 0 Å². The number of hydrogen-bond acceptors (Lipinski definition) is 4. The number of carbonyl (C=O) groups excluding carboxylic acids is 1. The van der Waals surface area contributed by atoms with Crippen LogP contribution in [0.4, 0.5) is 0 Å². The first kappa shape index (κ1) is 18.7. The van der Waals surface area contributed by atoms with E-state index in [1.54, 1.807) is 11.3 Å². The lowest BCUT2D eigenvalue weighted by atomic mass is 10.0. The number of nitrogens with zero attached hydrogens (tertiary/aromatic N) is 2. The van der Waals surface area contributed by atoms with Gasteiger partial charge in [0.2, 0.25) is 5.91 Å². The third kappa shape index (κ3) is 4.31. The Balaban J connectivity index is 0.00000110. The summed E-state index contributed by atoms with van der Waals surface area (Å²) in [5.41, 5.74) is 1.29. The molecule has 7 heteroatoms. The van der Waals surface area contributed by atoms with Crippen molar-refractivity contribution in [3.8, 4) is 0 Å². The summed E-state index contributed by atoms with van der Waals surface area (Å²) in [6, 6.07) is 0. The average Bonchev–Trinajstić information content (AvgIpc) is 3.06. The van der Waals surface area contributed by atoms with Gasteiger partial charge in [0.1, 0.15) is 5.01 Å². The lowest BCUT2D eigenvalue weighted by Gasteiger charge is -2.19. The summed E-state index contributed by atoms with van der Waals surface area (Å²) in [5.74, 6) is 0.428. The summed E-state index contributed by atoms with van der Waals surface area (Å²) in [4.78, 5) is 20.3. The SMILES string of the molecule is CN(Cc1nc2c(s1)CCCC2)C(=O)C1CCNC1.Cl.Cl. The first-order chi connectivity index (χ1) is 9.24. The minimum Gasteiger partial charge on any atom is -0.339 e. The highest BCUT2D eigenvalue weighted by atomic mass is 35.5. The van der Waals surface area contributed by atoms with Crippen molar-refractivity contribution in [3.63, 3.8) is 0 Å². The molecule has 120 valence electrons. The van der Waals surface area contributed by atoms with Gasteiger partial charge in [0.15, 0.2) is 0 Å². The highest BCUT2D eigenvalue weighted by Crippen LogP contribution is 2.27. The van der Waals surface area contributed by atoms with Crippen LogP contribution in [0.5, 0.6) is 0 Å². The van der Waals surface area contributed by atoms with Crippen LogP contribution in [-0.4, -0.2) is 35.9 Å². The minimum atomic E-state index is 0. The van der Waals surface area contributed by atoms with Gasteiger partial charge in [-0.3, -0.25) is 4.79 Å². The number of aromatic nitrogens is 1. The van der Waals surface area contributed by atoms with E-state index in [9.17, 15) is 4.79 Å². The fraction of sp³-hybridized carbons (Fsp3) is 0.714. The summed E-state index contributed by atoms with van der Waals surface area (Å²) in [7, 11) is 1.90. The van der Waals surface area contributed by atoms with Crippen LogP contribution in [0.25, 0.3) is 0 Å². The Labute approximate surface area is 142 Å². The Kier molecular flexibility index (Phi) is 7.40. The first-order valence-electron chi connectivity index (χ1n) is 7.17. The molecular weight excluding hydrogens is 329 g/mol. The molecule has 0 aromatic carbocycles. The minimum absolute atomic E-state index is 0. The molecule has 1 N–H and O–H groups in total. The van der Waals surface area contributed by atoms with E-state index < -0.39 is 0 Å². The van der Waals surface area contributed by atoms with E-state index in [0.717, 1.165) is 30.9 Å². The molecule has 0 bridgehead atoms. The van der Waals surface area contributed by atoms with Crippen LogP contribution in [0, 0.1) is 5.92 Å². The molecule has 4 nitrogen and oxygen atoms in total. The number of carbonyl (C=O) groups is 1. The predicted molar refractivity (Wildman–Crippen MR) is 90.7 cm³/mol. The molecule has 1 amide bonds. The van der Waals surface area contributed by atoms with Gasteiger partial charge < -0.3 is 10.2 Å². The van der Waals surface area contributed by atoms with Crippen LogP contribution < -0.4 is 5.32 Å².